The summed E-state index contributed by atoms with van der Waals surface area (Å²) in [6, 6.07) is 12.3. The van der Waals surface area contributed by atoms with E-state index in [9.17, 15) is 22.4 Å². The molecule has 0 heterocycles. The number of hydrogen-bond acceptors (Lipinski definition) is 5. The zero-order chi connectivity index (χ0) is 28.4. The zero-order valence-electron chi connectivity index (χ0n) is 23.1. The van der Waals surface area contributed by atoms with Gasteiger partial charge in [0.1, 0.15) is 17.6 Å². The highest BCUT2D eigenvalue weighted by Crippen LogP contribution is 2.30. The average Bonchev–Trinajstić information content (AvgIpc) is 2.91. The minimum Gasteiger partial charge on any atom is -0.492 e. The van der Waals surface area contributed by atoms with E-state index in [1.54, 1.807) is 49.4 Å². The molecule has 2 aromatic carbocycles. The maximum absolute atomic E-state index is 14.5. The molecule has 214 valence electrons. The Hall–Kier alpha value is -3.14. The van der Waals surface area contributed by atoms with Gasteiger partial charge in [0.25, 0.3) is 0 Å². The summed E-state index contributed by atoms with van der Waals surface area (Å²) >= 11 is 0. The maximum Gasteiger partial charge on any atom is 0.242 e. The molecule has 0 unspecified atom stereocenters. The predicted molar refractivity (Wildman–Crippen MR) is 150 cm³/mol. The lowest BCUT2D eigenvalue weighted by atomic mass is 9.95. The first-order valence-electron chi connectivity index (χ1n) is 13.6. The van der Waals surface area contributed by atoms with Crippen molar-refractivity contribution in [2.75, 3.05) is 23.7 Å². The van der Waals surface area contributed by atoms with E-state index in [1.807, 2.05) is 6.92 Å². The van der Waals surface area contributed by atoms with Crippen LogP contribution in [-0.4, -0.2) is 56.6 Å². The third-order valence-corrected chi connectivity index (χ3v) is 8.18. The Morgan fingerprint density at radius 1 is 1.08 bits per heavy atom. The Balaban J connectivity index is 1.75. The number of nitrogens with one attached hydrogen (secondary N) is 1. The molecule has 8 nitrogen and oxygen atoms in total. The van der Waals surface area contributed by atoms with Crippen LogP contribution >= 0.6 is 0 Å². The fourth-order valence-electron chi connectivity index (χ4n) is 4.88. The lowest BCUT2D eigenvalue weighted by Crippen LogP contribution is -2.50. The summed E-state index contributed by atoms with van der Waals surface area (Å²) in [5.74, 6) is -0.636. The first-order valence-corrected chi connectivity index (χ1v) is 15.5. The quantitative estimate of drug-likeness (QED) is 0.385. The van der Waals surface area contributed by atoms with Crippen LogP contribution < -0.4 is 14.4 Å². The Labute approximate surface area is 231 Å². The highest BCUT2D eigenvalue weighted by molar-refractivity contribution is 7.92. The first-order chi connectivity index (χ1) is 18.6. The summed E-state index contributed by atoms with van der Waals surface area (Å²) in [6.07, 6.45) is 6.38. The molecule has 1 N–H and O–H groups in total. The number of nitrogens with zero attached hydrogens (tertiary/aromatic N) is 2. The van der Waals surface area contributed by atoms with Crippen LogP contribution in [0, 0.1) is 5.82 Å². The fraction of sp³-hybridized carbons (Fsp3) is 0.517. The Bertz CT molecular complexity index is 1220. The van der Waals surface area contributed by atoms with Crippen LogP contribution in [0.2, 0.25) is 0 Å². The number of hydrogen-bond donors (Lipinski definition) is 1. The summed E-state index contributed by atoms with van der Waals surface area (Å²) in [4.78, 5) is 28.0. The highest BCUT2D eigenvalue weighted by Gasteiger charge is 2.29. The molecular weight excluding hydrogens is 521 g/mol. The van der Waals surface area contributed by atoms with E-state index in [2.05, 4.69) is 5.32 Å². The number of anilines is 1. The van der Waals surface area contributed by atoms with Crippen molar-refractivity contribution in [2.45, 2.75) is 77.4 Å². The standard InChI is InChI=1S/C29H40FN3O5S/c1-4-38-27-18-11-10-17-26(27)33(39(3,36)37)20-12-19-28(34)32(21-23-13-8-9-16-25(23)30)22(2)29(35)31-24-14-6-5-7-15-24/h8-11,13,16-18,22,24H,4-7,12,14-15,19-21H2,1-3H3,(H,31,35)/t22-/m1/s1. The van der Waals surface area contributed by atoms with Crippen molar-refractivity contribution in [3.05, 3.63) is 59.9 Å². The summed E-state index contributed by atoms with van der Waals surface area (Å²) in [6.45, 7) is 3.82. The van der Waals surface area contributed by atoms with Gasteiger partial charge in [0.2, 0.25) is 21.8 Å². The number of carbonyl (C=O) groups is 2. The highest BCUT2D eigenvalue weighted by atomic mass is 32.2. The summed E-state index contributed by atoms with van der Waals surface area (Å²) in [5.41, 5.74) is 0.712. The molecule has 39 heavy (non-hydrogen) atoms. The molecule has 0 saturated heterocycles. The van der Waals surface area contributed by atoms with E-state index in [4.69, 9.17) is 4.74 Å². The van der Waals surface area contributed by atoms with Gasteiger partial charge in [-0.2, -0.15) is 0 Å². The number of carbonyl (C=O) groups excluding carboxylic acids is 2. The summed E-state index contributed by atoms with van der Waals surface area (Å²) < 4.78 is 46.6. The second kappa shape index (κ2) is 14.3. The number of ether oxygens (including phenoxy) is 1. The Kier molecular flexibility index (Phi) is 11.2. The van der Waals surface area contributed by atoms with Crippen LogP contribution in [0.1, 0.15) is 64.4 Å². The normalized spacial score (nSPS) is 14.9. The molecule has 2 amide bonds. The molecular formula is C29H40FN3O5S. The topological polar surface area (TPSA) is 96.0 Å². The Morgan fingerprint density at radius 3 is 2.41 bits per heavy atom. The predicted octanol–water partition coefficient (Wildman–Crippen LogP) is 4.64. The van der Waals surface area contributed by atoms with Crippen LogP contribution in [0.4, 0.5) is 10.1 Å². The summed E-state index contributed by atoms with van der Waals surface area (Å²) in [5, 5.41) is 3.06. The second-order valence-electron chi connectivity index (χ2n) is 9.97. The van der Waals surface area contributed by atoms with Crippen LogP contribution in [0.3, 0.4) is 0 Å². The fourth-order valence-corrected chi connectivity index (χ4v) is 5.85. The number of sulfonamides is 1. The molecule has 1 atom stereocenters. The van der Waals surface area contributed by atoms with Gasteiger partial charge < -0.3 is 15.0 Å². The average molecular weight is 562 g/mol. The molecule has 2 aromatic rings. The van der Waals surface area contributed by atoms with Crippen molar-refractivity contribution in [2.24, 2.45) is 0 Å². The van der Waals surface area contributed by atoms with Crippen molar-refractivity contribution < 1.29 is 27.1 Å². The van der Waals surface area contributed by atoms with E-state index in [0.717, 1.165) is 38.4 Å². The molecule has 1 aliphatic rings. The second-order valence-corrected chi connectivity index (χ2v) is 11.9. The van der Waals surface area contributed by atoms with E-state index in [0.29, 0.717) is 23.6 Å². The monoisotopic (exact) mass is 561 g/mol. The van der Waals surface area contributed by atoms with Crippen molar-refractivity contribution in [1.29, 1.82) is 0 Å². The SMILES string of the molecule is CCOc1ccccc1N(CCCC(=O)N(Cc1ccccc1F)[C@H](C)C(=O)NC1CCCCC1)S(C)(=O)=O. The van der Waals surface area contributed by atoms with E-state index >= 15 is 0 Å². The van der Waals surface area contributed by atoms with E-state index in [1.165, 1.54) is 15.3 Å². The van der Waals surface area contributed by atoms with Crippen LogP contribution in [0.15, 0.2) is 48.5 Å². The van der Waals surface area contributed by atoms with Crippen molar-refractivity contribution in [1.82, 2.24) is 10.2 Å². The number of rotatable bonds is 13. The van der Waals surface area contributed by atoms with Crippen molar-refractivity contribution in [3.63, 3.8) is 0 Å². The number of benzene rings is 2. The van der Waals surface area contributed by atoms with Crippen LogP contribution in [0.5, 0.6) is 5.75 Å². The molecule has 0 radical (unpaired) electrons. The van der Waals surface area contributed by atoms with E-state index < -0.39 is 21.9 Å². The van der Waals surface area contributed by atoms with Gasteiger partial charge in [-0.1, -0.05) is 49.6 Å². The largest absolute Gasteiger partial charge is 0.492 e. The number of para-hydroxylation sites is 2. The van der Waals surface area contributed by atoms with E-state index in [-0.39, 0.29) is 43.8 Å². The number of amides is 2. The van der Waals surface area contributed by atoms with Crippen LogP contribution in [-0.2, 0) is 26.2 Å². The molecule has 1 saturated carbocycles. The van der Waals surface area contributed by atoms with Crippen molar-refractivity contribution in [3.8, 4) is 5.75 Å². The molecule has 1 fully saturated rings. The lowest BCUT2D eigenvalue weighted by molar-refractivity contribution is -0.141. The van der Waals surface area contributed by atoms with Crippen molar-refractivity contribution >= 4 is 27.5 Å². The molecule has 10 heteroatoms. The van der Waals surface area contributed by atoms with Gasteiger partial charge in [0, 0.05) is 31.1 Å². The first kappa shape index (κ1) is 30.4. The third-order valence-electron chi connectivity index (χ3n) is 7.00. The minimum absolute atomic E-state index is 0.0156. The maximum atomic E-state index is 14.5. The molecule has 0 aliphatic heterocycles. The van der Waals surface area contributed by atoms with Gasteiger partial charge in [-0.05, 0) is 51.3 Å². The van der Waals surface area contributed by atoms with Gasteiger partial charge in [0.05, 0.1) is 18.6 Å². The van der Waals surface area contributed by atoms with Gasteiger partial charge >= 0.3 is 0 Å². The van der Waals surface area contributed by atoms with Gasteiger partial charge in [-0.3, -0.25) is 13.9 Å². The van der Waals surface area contributed by atoms with Gasteiger partial charge in [-0.25, -0.2) is 12.8 Å². The van der Waals surface area contributed by atoms with Crippen LogP contribution in [0.25, 0.3) is 0 Å². The lowest BCUT2D eigenvalue weighted by Gasteiger charge is -2.31. The smallest absolute Gasteiger partial charge is 0.242 e. The third kappa shape index (κ3) is 8.68. The minimum atomic E-state index is -3.66. The summed E-state index contributed by atoms with van der Waals surface area (Å²) in [7, 11) is -3.66. The van der Waals surface area contributed by atoms with Gasteiger partial charge in [-0.15, -0.1) is 0 Å². The zero-order valence-corrected chi connectivity index (χ0v) is 23.9. The molecule has 0 bridgehead atoms. The molecule has 0 spiro atoms. The molecule has 1 aliphatic carbocycles. The Morgan fingerprint density at radius 2 is 1.74 bits per heavy atom. The molecule has 0 aromatic heterocycles. The molecule has 3 rings (SSSR count). The van der Waals surface area contributed by atoms with Gasteiger partial charge in [0.15, 0.2) is 0 Å². The number of halogens is 1.